The van der Waals surface area contributed by atoms with Crippen LogP contribution in [0, 0.1) is 11.6 Å². The zero-order chi connectivity index (χ0) is 13.1. The second-order valence-corrected chi connectivity index (χ2v) is 3.67. The van der Waals surface area contributed by atoms with Crippen LogP contribution in [0.3, 0.4) is 0 Å². The van der Waals surface area contributed by atoms with E-state index < -0.39 is 17.5 Å². The number of halogens is 2. The summed E-state index contributed by atoms with van der Waals surface area (Å²) in [6, 6.07) is 9.34. The topological polar surface area (TPSA) is 55.1 Å². The maximum atomic E-state index is 13.3. The molecule has 0 saturated carbocycles. The predicted molar refractivity (Wildman–Crippen MR) is 65.2 cm³/mol. The molecule has 0 aromatic heterocycles. The fraction of sp³-hybridized carbons (Fsp3) is 0. The summed E-state index contributed by atoms with van der Waals surface area (Å²) in [5.41, 5.74) is 5.45. The first-order valence-electron chi connectivity index (χ1n) is 5.19. The molecule has 18 heavy (non-hydrogen) atoms. The predicted octanol–water partition coefficient (Wildman–Crippen LogP) is 2.80. The van der Waals surface area contributed by atoms with E-state index in [4.69, 9.17) is 5.73 Å². The van der Waals surface area contributed by atoms with Crippen LogP contribution in [0.1, 0.15) is 10.4 Å². The Kier molecular flexibility index (Phi) is 3.23. The van der Waals surface area contributed by atoms with Gasteiger partial charge in [-0.3, -0.25) is 4.79 Å². The monoisotopic (exact) mass is 248 g/mol. The Morgan fingerprint density at radius 3 is 2.44 bits per heavy atom. The largest absolute Gasteiger partial charge is 0.396 e. The molecular weight excluding hydrogens is 238 g/mol. The number of nitrogen functional groups attached to an aromatic ring is 1. The number of rotatable bonds is 2. The summed E-state index contributed by atoms with van der Waals surface area (Å²) in [4.78, 5) is 11.8. The molecule has 0 radical (unpaired) electrons. The number of hydrogen-bond donors (Lipinski definition) is 2. The van der Waals surface area contributed by atoms with Gasteiger partial charge in [0.05, 0.1) is 11.4 Å². The van der Waals surface area contributed by atoms with Gasteiger partial charge in [0.2, 0.25) is 0 Å². The Hall–Kier alpha value is -2.43. The van der Waals surface area contributed by atoms with Gasteiger partial charge < -0.3 is 11.1 Å². The summed E-state index contributed by atoms with van der Waals surface area (Å²) < 4.78 is 26.2. The molecule has 0 aliphatic carbocycles. The summed E-state index contributed by atoms with van der Waals surface area (Å²) in [7, 11) is 0. The number of para-hydroxylation sites is 1. The van der Waals surface area contributed by atoms with Gasteiger partial charge in [-0.25, -0.2) is 8.78 Å². The summed E-state index contributed by atoms with van der Waals surface area (Å²) in [6.45, 7) is 0. The lowest BCUT2D eigenvalue weighted by Crippen LogP contribution is -2.13. The second-order valence-electron chi connectivity index (χ2n) is 3.67. The fourth-order valence-corrected chi connectivity index (χ4v) is 1.44. The number of nitrogens with one attached hydrogen (secondary N) is 1. The minimum absolute atomic E-state index is 0.0606. The molecular formula is C13H10F2N2O. The van der Waals surface area contributed by atoms with Crippen LogP contribution in [0.4, 0.5) is 20.2 Å². The van der Waals surface area contributed by atoms with Crippen molar-refractivity contribution in [2.45, 2.75) is 0 Å². The van der Waals surface area contributed by atoms with Gasteiger partial charge >= 0.3 is 0 Å². The first-order valence-corrected chi connectivity index (χ1v) is 5.19. The molecule has 0 unspecified atom stereocenters. The standard InChI is InChI=1S/C13H10F2N2O/c14-9-6-5-8(7-11(9)16)13(18)17-12-4-2-1-3-10(12)15/h1-7H,16H2,(H,17,18). The van der Waals surface area contributed by atoms with Crippen molar-refractivity contribution in [1.29, 1.82) is 0 Å². The van der Waals surface area contributed by atoms with E-state index in [0.717, 1.165) is 6.07 Å². The molecule has 0 spiro atoms. The van der Waals surface area contributed by atoms with Gasteiger partial charge in [-0.05, 0) is 30.3 Å². The minimum atomic E-state index is -0.600. The molecule has 92 valence electrons. The number of nitrogens with two attached hydrogens (primary N) is 1. The summed E-state index contributed by atoms with van der Waals surface area (Å²) in [5, 5.41) is 2.38. The Balaban J connectivity index is 2.22. The van der Waals surface area contributed by atoms with E-state index in [1.165, 1.54) is 30.3 Å². The van der Waals surface area contributed by atoms with Gasteiger partial charge in [-0.15, -0.1) is 0 Å². The number of carbonyl (C=O) groups is 1. The molecule has 3 nitrogen and oxygen atoms in total. The van der Waals surface area contributed by atoms with Crippen molar-refractivity contribution in [2.24, 2.45) is 0 Å². The van der Waals surface area contributed by atoms with E-state index in [-0.39, 0.29) is 16.9 Å². The van der Waals surface area contributed by atoms with Crippen LogP contribution < -0.4 is 11.1 Å². The minimum Gasteiger partial charge on any atom is -0.396 e. The Bertz CT molecular complexity index is 599. The molecule has 0 aliphatic rings. The maximum Gasteiger partial charge on any atom is 0.255 e. The van der Waals surface area contributed by atoms with E-state index in [1.54, 1.807) is 6.07 Å². The Morgan fingerprint density at radius 1 is 1.06 bits per heavy atom. The molecule has 5 heteroatoms. The zero-order valence-electron chi connectivity index (χ0n) is 9.28. The highest BCUT2D eigenvalue weighted by atomic mass is 19.1. The summed E-state index contributed by atoms with van der Waals surface area (Å²) in [6.07, 6.45) is 0. The molecule has 0 saturated heterocycles. The van der Waals surface area contributed by atoms with Crippen molar-refractivity contribution in [2.75, 3.05) is 11.1 Å². The lowest BCUT2D eigenvalue weighted by atomic mass is 10.1. The zero-order valence-corrected chi connectivity index (χ0v) is 9.28. The molecule has 3 N–H and O–H groups in total. The van der Waals surface area contributed by atoms with Crippen molar-refractivity contribution in [1.82, 2.24) is 0 Å². The van der Waals surface area contributed by atoms with Crippen LogP contribution in [0.15, 0.2) is 42.5 Å². The number of carbonyl (C=O) groups excluding carboxylic acids is 1. The summed E-state index contributed by atoms with van der Waals surface area (Å²) in [5.74, 6) is -1.69. The lowest BCUT2D eigenvalue weighted by Gasteiger charge is -2.06. The number of benzene rings is 2. The highest BCUT2D eigenvalue weighted by Gasteiger charge is 2.10. The molecule has 2 aromatic rings. The van der Waals surface area contributed by atoms with Gasteiger partial charge in [0.15, 0.2) is 0 Å². The van der Waals surface area contributed by atoms with Crippen molar-refractivity contribution >= 4 is 17.3 Å². The van der Waals surface area contributed by atoms with Crippen LogP contribution >= 0.6 is 0 Å². The average Bonchev–Trinajstić information content (AvgIpc) is 2.35. The van der Waals surface area contributed by atoms with E-state index in [9.17, 15) is 13.6 Å². The third-order valence-corrected chi connectivity index (χ3v) is 2.38. The van der Waals surface area contributed by atoms with Crippen LogP contribution in [0.5, 0.6) is 0 Å². The third-order valence-electron chi connectivity index (χ3n) is 2.38. The third kappa shape index (κ3) is 2.45. The molecule has 0 fully saturated rings. The van der Waals surface area contributed by atoms with Gasteiger partial charge in [-0.2, -0.15) is 0 Å². The highest BCUT2D eigenvalue weighted by Crippen LogP contribution is 2.16. The number of anilines is 2. The fourth-order valence-electron chi connectivity index (χ4n) is 1.44. The molecule has 0 aliphatic heterocycles. The number of hydrogen-bond acceptors (Lipinski definition) is 2. The van der Waals surface area contributed by atoms with Crippen LogP contribution in [-0.2, 0) is 0 Å². The molecule has 1 amide bonds. The average molecular weight is 248 g/mol. The van der Waals surface area contributed by atoms with E-state index in [1.807, 2.05) is 0 Å². The van der Waals surface area contributed by atoms with Crippen LogP contribution in [0.25, 0.3) is 0 Å². The molecule has 0 atom stereocenters. The first kappa shape index (κ1) is 12.0. The number of amides is 1. The van der Waals surface area contributed by atoms with Crippen LogP contribution in [0.2, 0.25) is 0 Å². The normalized spacial score (nSPS) is 10.1. The Labute approximate surface area is 102 Å². The molecule has 0 bridgehead atoms. The molecule has 0 heterocycles. The van der Waals surface area contributed by atoms with E-state index in [0.29, 0.717) is 0 Å². The quantitative estimate of drug-likeness (QED) is 0.803. The molecule has 2 rings (SSSR count). The van der Waals surface area contributed by atoms with Crippen molar-refractivity contribution < 1.29 is 13.6 Å². The SMILES string of the molecule is Nc1cc(C(=O)Nc2ccccc2F)ccc1F. The first-order chi connectivity index (χ1) is 8.58. The van der Waals surface area contributed by atoms with Crippen molar-refractivity contribution in [3.63, 3.8) is 0 Å². The van der Waals surface area contributed by atoms with Crippen molar-refractivity contribution in [3.05, 3.63) is 59.7 Å². The smallest absolute Gasteiger partial charge is 0.255 e. The van der Waals surface area contributed by atoms with Gasteiger partial charge in [0, 0.05) is 5.56 Å². The van der Waals surface area contributed by atoms with E-state index in [2.05, 4.69) is 5.32 Å². The lowest BCUT2D eigenvalue weighted by molar-refractivity contribution is 0.102. The van der Waals surface area contributed by atoms with Crippen LogP contribution in [-0.4, -0.2) is 5.91 Å². The van der Waals surface area contributed by atoms with E-state index >= 15 is 0 Å². The highest BCUT2D eigenvalue weighted by molar-refractivity contribution is 6.04. The van der Waals surface area contributed by atoms with Gasteiger partial charge in [0.25, 0.3) is 5.91 Å². The summed E-state index contributed by atoms with van der Waals surface area (Å²) >= 11 is 0. The van der Waals surface area contributed by atoms with Gasteiger partial charge in [0.1, 0.15) is 11.6 Å². The second kappa shape index (κ2) is 4.83. The van der Waals surface area contributed by atoms with Gasteiger partial charge in [-0.1, -0.05) is 12.1 Å². The Morgan fingerprint density at radius 2 is 1.78 bits per heavy atom. The molecule has 2 aromatic carbocycles. The van der Waals surface area contributed by atoms with Crippen molar-refractivity contribution in [3.8, 4) is 0 Å². The maximum absolute atomic E-state index is 13.3.